The fourth-order valence-electron chi connectivity index (χ4n) is 2.07. The van der Waals surface area contributed by atoms with Crippen LogP contribution in [0, 0.1) is 6.92 Å². The van der Waals surface area contributed by atoms with E-state index in [4.69, 9.17) is 0 Å². The topological polar surface area (TPSA) is 45.2 Å². The molecule has 1 heterocycles. The lowest BCUT2D eigenvalue weighted by molar-refractivity contribution is 0.0948. The highest BCUT2D eigenvalue weighted by atomic mass is 16.1. The van der Waals surface area contributed by atoms with E-state index in [0.29, 0.717) is 12.1 Å². The molecule has 1 amide bonds. The highest BCUT2D eigenvalue weighted by Crippen LogP contribution is 2.08. The first-order valence-electron chi connectivity index (χ1n) is 7.08. The van der Waals surface area contributed by atoms with Crippen LogP contribution in [0.15, 0.2) is 12.3 Å². The predicted molar refractivity (Wildman–Crippen MR) is 78.5 cm³/mol. The Morgan fingerprint density at radius 2 is 2.00 bits per heavy atom. The number of nitrogens with one attached hydrogen (secondary N) is 1. The van der Waals surface area contributed by atoms with Gasteiger partial charge in [-0.2, -0.15) is 0 Å². The molecule has 0 aliphatic carbocycles. The summed E-state index contributed by atoms with van der Waals surface area (Å²) < 4.78 is 0. The van der Waals surface area contributed by atoms with Crippen molar-refractivity contribution in [1.82, 2.24) is 15.2 Å². The van der Waals surface area contributed by atoms with Crippen molar-refractivity contribution in [1.29, 1.82) is 0 Å². The molecule has 4 nitrogen and oxygen atoms in total. The maximum Gasteiger partial charge on any atom is 0.252 e. The van der Waals surface area contributed by atoms with Gasteiger partial charge in [0.2, 0.25) is 0 Å². The lowest BCUT2D eigenvalue weighted by Gasteiger charge is -2.18. The summed E-state index contributed by atoms with van der Waals surface area (Å²) in [6.07, 6.45) is 2.56. The fourth-order valence-corrected chi connectivity index (χ4v) is 2.07. The molecule has 0 fully saturated rings. The molecule has 1 N–H and O–H groups in total. The van der Waals surface area contributed by atoms with E-state index in [1.807, 2.05) is 13.0 Å². The Labute approximate surface area is 116 Å². The standard InChI is InChI=1S/C15H25N3O/c1-5-14-12(4)10-13(11-17-14)15(19)16-8-9-18(6-2)7-3/h10-11H,5-9H2,1-4H3,(H,16,19). The van der Waals surface area contributed by atoms with Crippen molar-refractivity contribution >= 4 is 5.91 Å². The number of amides is 1. The Morgan fingerprint density at radius 1 is 1.32 bits per heavy atom. The number of likely N-dealkylation sites (N-methyl/N-ethyl adjacent to an activating group) is 1. The van der Waals surface area contributed by atoms with Crippen molar-refractivity contribution in [3.8, 4) is 0 Å². The van der Waals surface area contributed by atoms with E-state index in [9.17, 15) is 4.79 Å². The summed E-state index contributed by atoms with van der Waals surface area (Å²) in [6.45, 7) is 11.9. The number of carbonyl (C=O) groups is 1. The van der Waals surface area contributed by atoms with Crippen molar-refractivity contribution in [3.05, 3.63) is 29.1 Å². The molecule has 0 radical (unpaired) electrons. The lowest BCUT2D eigenvalue weighted by atomic mass is 10.1. The van der Waals surface area contributed by atoms with Crippen LogP contribution in [0.4, 0.5) is 0 Å². The molecule has 0 aliphatic rings. The molecule has 4 heteroatoms. The van der Waals surface area contributed by atoms with Gasteiger partial charge >= 0.3 is 0 Å². The van der Waals surface area contributed by atoms with E-state index >= 15 is 0 Å². The number of nitrogens with zero attached hydrogens (tertiary/aromatic N) is 2. The quantitative estimate of drug-likeness (QED) is 0.818. The normalized spacial score (nSPS) is 10.8. The smallest absolute Gasteiger partial charge is 0.252 e. The zero-order valence-corrected chi connectivity index (χ0v) is 12.5. The summed E-state index contributed by atoms with van der Waals surface area (Å²) >= 11 is 0. The summed E-state index contributed by atoms with van der Waals surface area (Å²) in [6, 6.07) is 1.92. The molecule has 0 unspecified atom stereocenters. The molecule has 0 saturated heterocycles. The third-order valence-corrected chi connectivity index (χ3v) is 3.39. The van der Waals surface area contributed by atoms with Crippen LogP contribution in [0.3, 0.4) is 0 Å². The van der Waals surface area contributed by atoms with Crippen LogP contribution in [0.2, 0.25) is 0 Å². The Kier molecular flexibility index (Phi) is 6.50. The molecule has 0 spiro atoms. The van der Waals surface area contributed by atoms with Crippen LogP contribution in [0.1, 0.15) is 42.4 Å². The van der Waals surface area contributed by atoms with E-state index in [0.717, 1.165) is 37.3 Å². The summed E-state index contributed by atoms with van der Waals surface area (Å²) in [7, 11) is 0. The van der Waals surface area contributed by atoms with Gasteiger partial charge in [-0.1, -0.05) is 20.8 Å². The van der Waals surface area contributed by atoms with Gasteiger partial charge in [-0.15, -0.1) is 0 Å². The average molecular weight is 263 g/mol. The first kappa shape index (κ1) is 15.6. The highest BCUT2D eigenvalue weighted by Gasteiger charge is 2.08. The van der Waals surface area contributed by atoms with Crippen LogP contribution in [-0.2, 0) is 6.42 Å². The molecule has 0 atom stereocenters. The number of carbonyl (C=O) groups excluding carboxylic acids is 1. The zero-order chi connectivity index (χ0) is 14.3. The molecule has 19 heavy (non-hydrogen) atoms. The van der Waals surface area contributed by atoms with E-state index in [1.54, 1.807) is 6.20 Å². The molecule has 106 valence electrons. The van der Waals surface area contributed by atoms with Gasteiger partial charge in [0.1, 0.15) is 0 Å². The minimum absolute atomic E-state index is 0.0367. The fraction of sp³-hybridized carbons (Fsp3) is 0.600. The molecular weight excluding hydrogens is 238 g/mol. The minimum Gasteiger partial charge on any atom is -0.351 e. The number of aryl methyl sites for hydroxylation is 2. The third kappa shape index (κ3) is 4.63. The molecule has 1 rings (SSSR count). The lowest BCUT2D eigenvalue weighted by Crippen LogP contribution is -2.34. The van der Waals surface area contributed by atoms with Gasteiger partial charge in [-0.05, 0) is 38.1 Å². The number of rotatable bonds is 7. The number of pyridine rings is 1. The number of hydrogen-bond donors (Lipinski definition) is 1. The number of aromatic nitrogens is 1. The van der Waals surface area contributed by atoms with Crippen molar-refractivity contribution in [3.63, 3.8) is 0 Å². The van der Waals surface area contributed by atoms with Crippen LogP contribution in [-0.4, -0.2) is 42.0 Å². The number of hydrogen-bond acceptors (Lipinski definition) is 3. The van der Waals surface area contributed by atoms with Crippen molar-refractivity contribution < 1.29 is 4.79 Å². The second-order valence-electron chi connectivity index (χ2n) is 4.62. The van der Waals surface area contributed by atoms with E-state index in [2.05, 4.69) is 36.0 Å². The molecule has 0 aromatic carbocycles. The van der Waals surface area contributed by atoms with Crippen LogP contribution in [0.5, 0.6) is 0 Å². The monoisotopic (exact) mass is 263 g/mol. The highest BCUT2D eigenvalue weighted by molar-refractivity contribution is 5.94. The van der Waals surface area contributed by atoms with E-state index < -0.39 is 0 Å². The van der Waals surface area contributed by atoms with Gasteiger partial charge in [0.25, 0.3) is 5.91 Å². The Hall–Kier alpha value is -1.42. The Balaban J connectivity index is 2.52. The van der Waals surface area contributed by atoms with Gasteiger partial charge in [0, 0.05) is 25.0 Å². The molecule has 1 aromatic heterocycles. The maximum absolute atomic E-state index is 12.0. The SMILES string of the molecule is CCc1ncc(C(=O)NCCN(CC)CC)cc1C. The van der Waals surface area contributed by atoms with Crippen LogP contribution in [0.25, 0.3) is 0 Å². The Morgan fingerprint density at radius 3 is 2.53 bits per heavy atom. The first-order chi connectivity index (χ1) is 9.12. The van der Waals surface area contributed by atoms with Crippen molar-refractivity contribution in [2.75, 3.05) is 26.2 Å². The van der Waals surface area contributed by atoms with Crippen LogP contribution < -0.4 is 5.32 Å². The van der Waals surface area contributed by atoms with E-state index in [-0.39, 0.29) is 5.91 Å². The van der Waals surface area contributed by atoms with Gasteiger partial charge in [-0.25, -0.2) is 0 Å². The first-order valence-corrected chi connectivity index (χ1v) is 7.08. The predicted octanol–water partition coefficient (Wildman–Crippen LogP) is 2.02. The average Bonchev–Trinajstić information content (AvgIpc) is 2.43. The third-order valence-electron chi connectivity index (χ3n) is 3.39. The van der Waals surface area contributed by atoms with Gasteiger partial charge in [0.15, 0.2) is 0 Å². The van der Waals surface area contributed by atoms with Gasteiger partial charge < -0.3 is 10.2 Å². The van der Waals surface area contributed by atoms with Crippen LogP contribution >= 0.6 is 0 Å². The van der Waals surface area contributed by atoms with Gasteiger partial charge in [0.05, 0.1) is 5.56 Å². The molecule has 0 aliphatic heterocycles. The summed E-state index contributed by atoms with van der Waals surface area (Å²) in [5, 5.41) is 2.94. The zero-order valence-electron chi connectivity index (χ0n) is 12.5. The van der Waals surface area contributed by atoms with E-state index in [1.165, 1.54) is 0 Å². The Bertz CT molecular complexity index is 414. The van der Waals surface area contributed by atoms with Crippen molar-refractivity contribution in [2.45, 2.75) is 34.1 Å². The second kappa shape index (κ2) is 7.89. The molecule has 0 saturated carbocycles. The molecule has 0 bridgehead atoms. The minimum atomic E-state index is -0.0367. The summed E-state index contributed by atoms with van der Waals surface area (Å²) in [5.41, 5.74) is 2.79. The summed E-state index contributed by atoms with van der Waals surface area (Å²) in [5.74, 6) is -0.0367. The van der Waals surface area contributed by atoms with Gasteiger partial charge in [-0.3, -0.25) is 9.78 Å². The largest absolute Gasteiger partial charge is 0.351 e. The maximum atomic E-state index is 12.0. The molecule has 1 aromatic rings. The van der Waals surface area contributed by atoms with Crippen molar-refractivity contribution in [2.24, 2.45) is 0 Å². The summed E-state index contributed by atoms with van der Waals surface area (Å²) in [4.78, 5) is 18.6. The molecular formula is C15H25N3O. The second-order valence-corrected chi connectivity index (χ2v) is 4.62.